The first kappa shape index (κ1) is 24.0. The summed E-state index contributed by atoms with van der Waals surface area (Å²) in [4.78, 5) is 36.5. The smallest absolute Gasteiger partial charge is 0.223 e. The van der Waals surface area contributed by atoms with Crippen molar-refractivity contribution in [2.45, 2.75) is 39.2 Å². The number of rotatable bonds is 4. The molecule has 2 aromatic carbocycles. The molecule has 1 aliphatic rings. The zero-order chi connectivity index (χ0) is 24.1. The topological polar surface area (TPSA) is 61.7 Å². The second-order valence-electron chi connectivity index (χ2n) is 9.20. The minimum absolute atomic E-state index is 0.0367. The molecule has 2 heterocycles. The van der Waals surface area contributed by atoms with Crippen LogP contribution in [0.4, 0.5) is 5.69 Å². The predicted octanol–water partition coefficient (Wildman–Crippen LogP) is 3.61. The van der Waals surface area contributed by atoms with Gasteiger partial charge in [0, 0.05) is 58.7 Å². The SMILES string of the molecule is CC(=O)N1CCCN(C)CCN(C(=O)CCCc2nc3ccccc3n2C)Cc2ccccc21. The van der Waals surface area contributed by atoms with Crippen LogP contribution >= 0.6 is 0 Å². The molecule has 180 valence electrons. The molecule has 3 aromatic rings. The van der Waals surface area contributed by atoms with E-state index in [1.54, 1.807) is 6.92 Å². The maximum absolute atomic E-state index is 13.3. The quantitative estimate of drug-likeness (QED) is 0.596. The van der Waals surface area contributed by atoms with Gasteiger partial charge in [0.1, 0.15) is 5.82 Å². The Kier molecular flexibility index (Phi) is 7.63. The van der Waals surface area contributed by atoms with Gasteiger partial charge in [0.2, 0.25) is 11.8 Å². The zero-order valence-electron chi connectivity index (χ0n) is 20.5. The monoisotopic (exact) mass is 461 g/mol. The molecule has 0 saturated heterocycles. The van der Waals surface area contributed by atoms with E-state index in [0.29, 0.717) is 26.1 Å². The molecule has 0 aliphatic carbocycles. The Bertz CT molecular complexity index is 1150. The largest absolute Gasteiger partial charge is 0.337 e. The van der Waals surface area contributed by atoms with Crippen molar-refractivity contribution in [1.82, 2.24) is 19.4 Å². The molecule has 7 nitrogen and oxygen atoms in total. The molecule has 0 spiro atoms. The summed E-state index contributed by atoms with van der Waals surface area (Å²) in [5.74, 6) is 1.19. The third kappa shape index (κ3) is 5.47. The van der Waals surface area contributed by atoms with Gasteiger partial charge in [-0.2, -0.15) is 0 Å². The Labute approximate surface area is 202 Å². The molecule has 0 unspecified atom stereocenters. The van der Waals surface area contributed by atoms with E-state index in [1.165, 1.54) is 0 Å². The standard InChI is InChI=1S/C27H35N5O2/c1-21(33)32-17-9-16-29(2)18-19-31(20-22-10-4-6-12-24(22)32)27(34)15-8-14-26-28-23-11-5-7-13-25(23)30(26)3/h4-7,10-13H,8-9,14-20H2,1-3H3. The van der Waals surface area contributed by atoms with E-state index in [1.807, 2.05) is 59.3 Å². The van der Waals surface area contributed by atoms with Gasteiger partial charge in [-0.3, -0.25) is 9.59 Å². The Morgan fingerprint density at radius 1 is 0.941 bits per heavy atom. The van der Waals surface area contributed by atoms with Crippen molar-refractivity contribution in [3.63, 3.8) is 0 Å². The number of anilines is 1. The van der Waals surface area contributed by atoms with Crippen LogP contribution in [0.1, 0.15) is 37.6 Å². The molecule has 34 heavy (non-hydrogen) atoms. The van der Waals surface area contributed by atoms with E-state index in [9.17, 15) is 9.59 Å². The van der Waals surface area contributed by atoms with E-state index in [-0.39, 0.29) is 11.8 Å². The average molecular weight is 462 g/mol. The van der Waals surface area contributed by atoms with Crippen LogP contribution in [-0.4, -0.2) is 64.4 Å². The number of aryl methyl sites for hydroxylation is 2. The summed E-state index contributed by atoms with van der Waals surface area (Å²) in [6, 6.07) is 16.1. The van der Waals surface area contributed by atoms with Crippen LogP contribution in [0.3, 0.4) is 0 Å². The average Bonchev–Trinajstić information content (AvgIpc) is 3.13. The van der Waals surface area contributed by atoms with Crippen LogP contribution in [0.5, 0.6) is 0 Å². The predicted molar refractivity (Wildman–Crippen MR) is 136 cm³/mol. The summed E-state index contributed by atoms with van der Waals surface area (Å²) >= 11 is 0. The molecule has 2 amide bonds. The molecule has 0 bridgehead atoms. The van der Waals surface area contributed by atoms with Crippen molar-refractivity contribution < 1.29 is 9.59 Å². The fourth-order valence-corrected chi connectivity index (χ4v) is 4.73. The van der Waals surface area contributed by atoms with Gasteiger partial charge in [-0.15, -0.1) is 0 Å². The van der Waals surface area contributed by atoms with Gasteiger partial charge in [0.25, 0.3) is 0 Å². The van der Waals surface area contributed by atoms with Gasteiger partial charge in [0.05, 0.1) is 11.0 Å². The Morgan fingerprint density at radius 2 is 1.71 bits per heavy atom. The van der Waals surface area contributed by atoms with Crippen molar-refractivity contribution in [2.24, 2.45) is 7.05 Å². The molecular weight excluding hydrogens is 426 g/mol. The van der Waals surface area contributed by atoms with E-state index in [2.05, 4.69) is 22.6 Å². The number of para-hydroxylation sites is 3. The maximum Gasteiger partial charge on any atom is 0.223 e. The minimum atomic E-state index is 0.0367. The fraction of sp³-hybridized carbons (Fsp3) is 0.444. The first-order valence-electron chi connectivity index (χ1n) is 12.2. The number of nitrogens with zero attached hydrogens (tertiary/aromatic N) is 5. The van der Waals surface area contributed by atoms with E-state index >= 15 is 0 Å². The third-order valence-electron chi connectivity index (χ3n) is 6.72. The van der Waals surface area contributed by atoms with Crippen molar-refractivity contribution in [3.05, 3.63) is 59.9 Å². The fourth-order valence-electron chi connectivity index (χ4n) is 4.73. The van der Waals surface area contributed by atoms with Gasteiger partial charge >= 0.3 is 0 Å². The molecule has 1 aliphatic heterocycles. The highest BCUT2D eigenvalue weighted by atomic mass is 16.2. The second kappa shape index (κ2) is 10.8. The second-order valence-corrected chi connectivity index (χ2v) is 9.20. The van der Waals surface area contributed by atoms with Crippen molar-refractivity contribution in [1.29, 1.82) is 0 Å². The highest BCUT2D eigenvalue weighted by Gasteiger charge is 2.21. The lowest BCUT2D eigenvalue weighted by molar-refractivity contribution is -0.132. The lowest BCUT2D eigenvalue weighted by Gasteiger charge is -2.27. The van der Waals surface area contributed by atoms with Crippen molar-refractivity contribution in [2.75, 3.05) is 38.1 Å². The summed E-state index contributed by atoms with van der Waals surface area (Å²) < 4.78 is 2.12. The van der Waals surface area contributed by atoms with E-state index in [4.69, 9.17) is 4.98 Å². The number of hydrogen-bond acceptors (Lipinski definition) is 4. The summed E-state index contributed by atoms with van der Waals surface area (Å²) in [5, 5.41) is 0. The Hall–Kier alpha value is -3.19. The lowest BCUT2D eigenvalue weighted by Crippen LogP contribution is -2.37. The van der Waals surface area contributed by atoms with Crippen LogP contribution in [0, 0.1) is 0 Å². The number of hydrogen-bond donors (Lipinski definition) is 0. The van der Waals surface area contributed by atoms with Gasteiger partial charge in [0.15, 0.2) is 0 Å². The van der Waals surface area contributed by atoms with Crippen LogP contribution < -0.4 is 4.90 Å². The summed E-state index contributed by atoms with van der Waals surface area (Å²) in [7, 11) is 4.12. The molecule has 1 aromatic heterocycles. The maximum atomic E-state index is 13.3. The Balaban J connectivity index is 1.48. The van der Waals surface area contributed by atoms with Crippen LogP contribution in [0.15, 0.2) is 48.5 Å². The molecule has 0 atom stereocenters. The van der Waals surface area contributed by atoms with Gasteiger partial charge < -0.3 is 19.3 Å². The molecular formula is C27H35N5O2. The highest BCUT2D eigenvalue weighted by molar-refractivity contribution is 5.92. The number of fused-ring (bicyclic) bond motifs is 2. The van der Waals surface area contributed by atoms with E-state index < -0.39 is 0 Å². The number of carbonyl (C=O) groups is 2. The number of amides is 2. The summed E-state index contributed by atoms with van der Waals surface area (Å²) in [5.41, 5.74) is 4.04. The number of benzene rings is 2. The molecule has 0 N–H and O–H groups in total. The van der Waals surface area contributed by atoms with Gasteiger partial charge in [-0.1, -0.05) is 30.3 Å². The molecule has 0 fully saturated rings. The highest BCUT2D eigenvalue weighted by Crippen LogP contribution is 2.24. The normalized spacial score (nSPS) is 15.7. The van der Waals surface area contributed by atoms with Crippen molar-refractivity contribution in [3.8, 4) is 0 Å². The lowest BCUT2D eigenvalue weighted by atomic mass is 10.1. The number of likely N-dealkylation sites (N-methyl/N-ethyl adjacent to an activating group) is 1. The minimum Gasteiger partial charge on any atom is -0.337 e. The summed E-state index contributed by atoms with van der Waals surface area (Å²) in [6.45, 7) is 5.20. The van der Waals surface area contributed by atoms with E-state index in [0.717, 1.165) is 60.5 Å². The number of imidazole rings is 1. The number of carbonyl (C=O) groups excluding carboxylic acids is 2. The molecule has 0 saturated carbocycles. The first-order chi connectivity index (χ1) is 16.4. The third-order valence-corrected chi connectivity index (χ3v) is 6.72. The van der Waals surface area contributed by atoms with Crippen LogP contribution in [0.25, 0.3) is 11.0 Å². The van der Waals surface area contributed by atoms with Crippen LogP contribution in [-0.2, 0) is 29.6 Å². The molecule has 4 rings (SSSR count). The van der Waals surface area contributed by atoms with Gasteiger partial charge in [-0.05, 0) is 50.2 Å². The summed E-state index contributed by atoms with van der Waals surface area (Å²) in [6.07, 6.45) is 2.89. The first-order valence-corrected chi connectivity index (χ1v) is 12.2. The molecule has 7 heteroatoms. The number of aromatic nitrogens is 2. The van der Waals surface area contributed by atoms with Crippen molar-refractivity contribution >= 4 is 28.5 Å². The molecule has 0 radical (unpaired) electrons. The van der Waals surface area contributed by atoms with Crippen LogP contribution in [0.2, 0.25) is 0 Å². The zero-order valence-corrected chi connectivity index (χ0v) is 20.5. The van der Waals surface area contributed by atoms with Gasteiger partial charge in [-0.25, -0.2) is 4.98 Å². The Morgan fingerprint density at radius 3 is 2.50 bits per heavy atom.